The van der Waals surface area contributed by atoms with E-state index in [0.717, 1.165) is 17.7 Å². The molecule has 0 saturated heterocycles. The molecular weight excluding hydrogens is 246 g/mol. The minimum absolute atomic E-state index is 0.0831. The summed E-state index contributed by atoms with van der Waals surface area (Å²) in [6.07, 6.45) is 3.02. The van der Waals surface area contributed by atoms with Gasteiger partial charge in [-0.15, -0.1) is 0 Å². The van der Waals surface area contributed by atoms with Gasteiger partial charge in [0.15, 0.2) is 0 Å². The van der Waals surface area contributed by atoms with E-state index in [0.29, 0.717) is 11.3 Å². The number of hydrogen-bond donors (Lipinski definition) is 3. The van der Waals surface area contributed by atoms with Gasteiger partial charge in [-0.2, -0.15) is 11.8 Å². The molecule has 0 aromatic heterocycles. The van der Waals surface area contributed by atoms with Gasteiger partial charge in [-0.25, -0.2) is 0 Å². The summed E-state index contributed by atoms with van der Waals surface area (Å²) in [6.45, 7) is 3.97. The van der Waals surface area contributed by atoms with Crippen LogP contribution in [-0.2, 0) is 0 Å². The van der Waals surface area contributed by atoms with Gasteiger partial charge >= 0.3 is 0 Å². The monoisotopic (exact) mass is 267 g/mol. The molecule has 18 heavy (non-hydrogen) atoms. The van der Waals surface area contributed by atoms with Gasteiger partial charge in [0.2, 0.25) is 0 Å². The molecule has 1 unspecified atom stereocenters. The largest absolute Gasteiger partial charge is 0.349 e. The van der Waals surface area contributed by atoms with Crippen molar-refractivity contribution in [1.29, 1.82) is 0 Å². The zero-order chi connectivity index (χ0) is 13.5. The second-order valence-electron chi connectivity index (χ2n) is 4.35. The average Bonchev–Trinajstić information content (AvgIpc) is 2.36. The highest BCUT2D eigenvalue weighted by Gasteiger charge is 2.13. The third kappa shape index (κ3) is 4.23. The Morgan fingerprint density at radius 2 is 2.22 bits per heavy atom. The number of thioether (sulfide) groups is 1. The average molecular weight is 267 g/mol. The van der Waals surface area contributed by atoms with Crippen molar-refractivity contribution in [1.82, 2.24) is 5.32 Å². The predicted octanol–water partition coefficient (Wildman–Crippen LogP) is 2.15. The van der Waals surface area contributed by atoms with Gasteiger partial charge < -0.3 is 10.7 Å². The second kappa shape index (κ2) is 7.28. The molecule has 0 heterocycles. The number of amides is 1. The van der Waals surface area contributed by atoms with Crippen molar-refractivity contribution in [3.63, 3.8) is 0 Å². The highest BCUT2D eigenvalue weighted by Crippen LogP contribution is 2.16. The fraction of sp³-hybridized carbons (Fsp3) is 0.462. The zero-order valence-electron chi connectivity index (χ0n) is 11.1. The van der Waals surface area contributed by atoms with Crippen molar-refractivity contribution in [3.05, 3.63) is 29.3 Å². The topological polar surface area (TPSA) is 67.2 Å². The number of nitrogens with one attached hydrogen (secondary N) is 2. The molecule has 1 rings (SSSR count). The Labute approximate surface area is 113 Å². The number of carbonyl (C=O) groups excluding carboxylic acids is 1. The predicted molar refractivity (Wildman–Crippen MR) is 78.9 cm³/mol. The number of aryl methyl sites for hydroxylation is 1. The van der Waals surface area contributed by atoms with E-state index in [1.165, 1.54) is 0 Å². The van der Waals surface area contributed by atoms with Crippen LogP contribution in [0.2, 0.25) is 0 Å². The van der Waals surface area contributed by atoms with Crippen LogP contribution in [0, 0.1) is 6.92 Å². The van der Waals surface area contributed by atoms with E-state index in [1.54, 1.807) is 11.8 Å². The van der Waals surface area contributed by atoms with Gasteiger partial charge in [0.25, 0.3) is 5.91 Å². The Morgan fingerprint density at radius 1 is 1.50 bits per heavy atom. The number of benzene rings is 1. The number of nitrogens with two attached hydrogens (primary N) is 1. The first-order valence-electron chi connectivity index (χ1n) is 5.95. The number of hydrazine groups is 1. The molecule has 0 aliphatic heterocycles. The summed E-state index contributed by atoms with van der Waals surface area (Å²) >= 11 is 1.78. The van der Waals surface area contributed by atoms with Crippen LogP contribution in [0.1, 0.15) is 29.3 Å². The zero-order valence-corrected chi connectivity index (χ0v) is 11.9. The first-order chi connectivity index (χ1) is 8.58. The fourth-order valence-corrected chi connectivity index (χ4v) is 2.23. The van der Waals surface area contributed by atoms with Gasteiger partial charge in [-0.3, -0.25) is 10.6 Å². The maximum absolute atomic E-state index is 12.1. The summed E-state index contributed by atoms with van der Waals surface area (Å²) in [5.41, 5.74) is 4.83. The molecule has 0 aliphatic rings. The van der Waals surface area contributed by atoms with E-state index in [2.05, 4.69) is 17.0 Å². The van der Waals surface area contributed by atoms with E-state index >= 15 is 0 Å². The number of hydrogen-bond acceptors (Lipinski definition) is 4. The maximum atomic E-state index is 12.1. The van der Waals surface area contributed by atoms with Crippen LogP contribution in [-0.4, -0.2) is 24.0 Å². The minimum Gasteiger partial charge on any atom is -0.349 e. The molecule has 5 heteroatoms. The van der Waals surface area contributed by atoms with Gasteiger partial charge in [0, 0.05) is 6.04 Å². The number of carbonyl (C=O) groups is 1. The number of nitrogen functional groups attached to an aromatic ring is 1. The first kappa shape index (κ1) is 14.9. The molecule has 4 N–H and O–H groups in total. The van der Waals surface area contributed by atoms with Crippen molar-refractivity contribution >= 4 is 23.4 Å². The molecule has 0 fully saturated rings. The molecule has 1 amide bonds. The van der Waals surface area contributed by atoms with E-state index in [-0.39, 0.29) is 11.9 Å². The van der Waals surface area contributed by atoms with Gasteiger partial charge in [0.05, 0.1) is 11.3 Å². The molecule has 0 spiro atoms. The van der Waals surface area contributed by atoms with Crippen LogP contribution in [0.25, 0.3) is 0 Å². The summed E-state index contributed by atoms with van der Waals surface area (Å²) < 4.78 is 0. The van der Waals surface area contributed by atoms with Crippen molar-refractivity contribution in [2.45, 2.75) is 26.3 Å². The molecule has 4 nitrogen and oxygen atoms in total. The van der Waals surface area contributed by atoms with E-state index in [1.807, 2.05) is 32.0 Å². The number of rotatable bonds is 6. The van der Waals surface area contributed by atoms with Crippen LogP contribution >= 0.6 is 11.8 Å². The third-order valence-corrected chi connectivity index (χ3v) is 3.35. The van der Waals surface area contributed by atoms with Crippen molar-refractivity contribution in [2.75, 3.05) is 17.4 Å². The highest BCUT2D eigenvalue weighted by atomic mass is 32.2. The Hall–Kier alpha value is -1.20. The van der Waals surface area contributed by atoms with Crippen LogP contribution in [0.15, 0.2) is 18.2 Å². The Balaban J connectivity index is 2.74. The van der Waals surface area contributed by atoms with Crippen LogP contribution in [0.3, 0.4) is 0 Å². The SMILES string of the molecule is CSCCC(C)NC(=O)c1cc(C)ccc1NN. The minimum atomic E-state index is -0.0831. The number of anilines is 1. The molecule has 100 valence electrons. The molecule has 1 aromatic rings. The normalized spacial score (nSPS) is 12.0. The Morgan fingerprint density at radius 3 is 2.83 bits per heavy atom. The van der Waals surface area contributed by atoms with E-state index in [9.17, 15) is 4.79 Å². The van der Waals surface area contributed by atoms with E-state index < -0.39 is 0 Å². The molecule has 0 saturated carbocycles. The Bertz CT molecular complexity index is 409. The Kier molecular flexibility index (Phi) is 6.01. The smallest absolute Gasteiger partial charge is 0.253 e. The van der Waals surface area contributed by atoms with Gasteiger partial charge in [-0.05, 0) is 44.4 Å². The quantitative estimate of drug-likeness (QED) is 0.546. The summed E-state index contributed by atoms with van der Waals surface area (Å²) in [5.74, 6) is 6.37. The van der Waals surface area contributed by atoms with Crippen molar-refractivity contribution in [3.8, 4) is 0 Å². The standard InChI is InChI=1S/C13H21N3OS/c1-9-4-5-12(16-14)11(8-9)13(17)15-10(2)6-7-18-3/h4-5,8,10,16H,6-7,14H2,1-3H3,(H,15,17). The summed E-state index contributed by atoms with van der Waals surface area (Å²) in [5, 5.41) is 2.99. The lowest BCUT2D eigenvalue weighted by atomic mass is 10.1. The summed E-state index contributed by atoms with van der Waals surface area (Å²) in [7, 11) is 0. The molecular formula is C13H21N3OS. The van der Waals surface area contributed by atoms with Crippen LogP contribution in [0.4, 0.5) is 5.69 Å². The van der Waals surface area contributed by atoms with Gasteiger partial charge in [-0.1, -0.05) is 11.6 Å². The first-order valence-corrected chi connectivity index (χ1v) is 7.35. The highest BCUT2D eigenvalue weighted by molar-refractivity contribution is 7.98. The third-order valence-electron chi connectivity index (χ3n) is 2.71. The fourth-order valence-electron chi connectivity index (χ4n) is 1.64. The van der Waals surface area contributed by atoms with Crippen molar-refractivity contribution < 1.29 is 4.79 Å². The summed E-state index contributed by atoms with van der Waals surface area (Å²) in [4.78, 5) is 12.1. The molecule has 1 atom stereocenters. The lowest BCUT2D eigenvalue weighted by Gasteiger charge is -2.15. The second-order valence-corrected chi connectivity index (χ2v) is 5.33. The lowest BCUT2D eigenvalue weighted by molar-refractivity contribution is 0.0940. The molecule has 1 aromatic carbocycles. The van der Waals surface area contributed by atoms with Crippen LogP contribution in [0.5, 0.6) is 0 Å². The molecule has 0 radical (unpaired) electrons. The lowest BCUT2D eigenvalue weighted by Crippen LogP contribution is -2.33. The van der Waals surface area contributed by atoms with Crippen LogP contribution < -0.4 is 16.6 Å². The maximum Gasteiger partial charge on any atom is 0.253 e. The van der Waals surface area contributed by atoms with Gasteiger partial charge in [0.1, 0.15) is 0 Å². The molecule has 0 bridgehead atoms. The summed E-state index contributed by atoms with van der Waals surface area (Å²) in [6, 6.07) is 5.74. The van der Waals surface area contributed by atoms with Crippen molar-refractivity contribution in [2.24, 2.45) is 5.84 Å². The molecule has 0 aliphatic carbocycles. The van der Waals surface area contributed by atoms with E-state index in [4.69, 9.17) is 5.84 Å².